The SMILES string of the molecule is COc1cc(S(C)(=O)=O)ccc1N(C(=O)OC(OC(=O)[C@@H](N)C(C)C)C(C)C)c1nc2ccc(-c3ccc(CC(=O)[C@H](C)c4ccc(F)cc4)cc3)cn2n1. The van der Waals surface area contributed by atoms with E-state index in [0.717, 1.165) is 33.4 Å². The van der Waals surface area contributed by atoms with Crippen LogP contribution in [0.2, 0.25) is 0 Å². The fourth-order valence-corrected chi connectivity index (χ4v) is 6.15. The number of fused-ring (bicyclic) bond motifs is 1. The number of benzene rings is 3. The molecule has 5 aromatic rings. The Morgan fingerprint density at radius 2 is 1.53 bits per heavy atom. The Morgan fingerprint density at radius 1 is 0.873 bits per heavy atom. The molecular weight excluding hydrogens is 730 g/mol. The van der Waals surface area contributed by atoms with E-state index in [-0.39, 0.29) is 46.2 Å². The van der Waals surface area contributed by atoms with Crippen LogP contribution in [-0.2, 0) is 35.3 Å². The average Bonchev–Trinajstić information content (AvgIpc) is 3.57. The van der Waals surface area contributed by atoms with Crippen LogP contribution in [0.4, 0.5) is 20.8 Å². The minimum atomic E-state index is -3.65. The van der Waals surface area contributed by atoms with Crippen LogP contribution in [0.15, 0.2) is 90.0 Å². The van der Waals surface area contributed by atoms with Crippen LogP contribution < -0.4 is 15.4 Å². The summed E-state index contributed by atoms with van der Waals surface area (Å²) in [6.07, 6.45) is 0.572. The number of halogens is 1. The summed E-state index contributed by atoms with van der Waals surface area (Å²) in [5, 5.41) is 4.58. The lowest BCUT2D eigenvalue weighted by molar-refractivity contribution is -0.177. The van der Waals surface area contributed by atoms with Gasteiger partial charge in [0.2, 0.25) is 0 Å². The molecule has 0 fully saturated rings. The molecule has 0 radical (unpaired) electrons. The van der Waals surface area contributed by atoms with E-state index in [1.165, 1.54) is 42.0 Å². The topological polar surface area (TPSA) is 172 Å². The van der Waals surface area contributed by atoms with Gasteiger partial charge in [-0.1, -0.05) is 71.0 Å². The first-order valence-corrected chi connectivity index (χ1v) is 19.4. The number of carbonyl (C=O) groups excluding carboxylic acids is 3. The van der Waals surface area contributed by atoms with Crippen molar-refractivity contribution in [2.45, 2.75) is 64.2 Å². The van der Waals surface area contributed by atoms with Gasteiger partial charge in [-0.05, 0) is 59.0 Å². The van der Waals surface area contributed by atoms with E-state index in [1.54, 1.807) is 59.0 Å². The minimum absolute atomic E-state index is 0.00129. The van der Waals surface area contributed by atoms with Crippen LogP contribution in [0.1, 0.15) is 51.7 Å². The quantitative estimate of drug-likeness (QED) is 0.0947. The molecule has 0 aliphatic rings. The van der Waals surface area contributed by atoms with E-state index >= 15 is 0 Å². The van der Waals surface area contributed by atoms with Crippen molar-refractivity contribution in [2.24, 2.45) is 17.6 Å². The van der Waals surface area contributed by atoms with Crippen molar-refractivity contribution in [2.75, 3.05) is 18.3 Å². The Balaban J connectivity index is 1.46. The standard InChI is InChI=1S/C40H44FN5O8S/c1-23(2)36(42)37(48)53-38(24(3)4)54-40(49)46(32-18-17-31(55(7,50)51)21-34(32)52-6)39-43-35-19-14-29(22-45(35)44-39)28-10-8-26(9-11-28)20-33(47)25(5)27-12-15-30(41)16-13-27/h8-19,21-25,36,38H,20,42H2,1-7H3/t25-,36+,38?/m1/s1. The van der Waals surface area contributed by atoms with E-state index in [2.05, 4.69) is 10.1 Å². The summed E-state index contributed by atoms with van der Waals surface area (Å²) in [6.45, 7) is 8.71. The summed E-state index contributed by atoms with van der Waals surface area (Å²) in [4.78, 5) is 45.3. The maximum Gasteiger partial charge on any atom is 0.424 e. The summed E-state index contributed by atoms with van der Waals surface area (Å²) in [6, 6.07) is 19.9. The number of ketones is 1. The first-order valence-electron chi connectivity index (χ1n) is 17.6. The molecule has 3 aromatic carbocycles. The predicted molar refractivity (Wildman–Crippen MR) is 204 cm³/mol. The van der Waals surface area contributed by atoms with Crippen LogP contribution in [0, 0.1) is 17.7 Å². The van der Waals surface area contributed by atoms with Crippen molar-refractivity contribution < 1.29 is 41.4 Å². The molecule has 290 valence electrons. The summed E-state index contributed by atoms with van der Waals surface area (Å²) >= 11 is 0. The second kappa shape index (κ2) is 16.8. The molecule has 13 nitrogen and oxygen atoms in total. The number of nitrogens with two attached hydrogens (primary N) is 1. The van der Waals surface area contributed by atoms with Gasteiger partial charge in [-0.3, -0.25) is 9.59 Å². The summed E-state index contributed by atoms with van der Waals surface area (Å²) in [5.74, 6) is -2.37. The van der Waals surface area contributed by atoms with Crippen LogP contribution in [-0.4, -0.2) is 66.6 Å². The lowest BCUT2D eigenvalue weighted by atomic mass is 9.92. The third-order valence-corrected chi connectivity index (χ3v) is 10.1. The molecule has 3 atom stereocenters. The number of hydrogen-bond acceptors (Lipinski definition) is 11. The first-order chi connectivity index (χ1) is 26.0. The molecule has 1 amide bonds. The van der Waals surface area contributed by atoms with E-state index in [0.29, 0.717) is 5.65 Å². The monoisotopic (exact) mass is 773 g/mol. The highest BCUT2D eigenvalue weighted by atomic mass is 32.2. The molecule has 1 unspecified atom stereocenters. The molecule has 0 aliphatic heterocycles. The maximum absolute atomic E-state index is 14.1. The zero-order valence-electron chi connectivity index (χ0n) is 31.6. The van der Waals surface area contributed by atoms with E-state index in [1.807, 2.05) is 30.3 Å². The van der Waals surface area contributed by atoms with E-state index in [9.17, 15) is 27.2 Å². The molecule has 0 spiro atoms. The zero-order chi connectivity index (χ0) is 40.2. The van der Waals surface area contributed by atoms with Crippen molar-refractivity contribution in [3.63, 3.8) is 0 Å². The molecule has 15 heteroatoms. The second-order valence-electron chi connectivity index (χ2n) is 13.9. The van der Waals surface area contributed by atoms with Crippen molar-refractivity contribution in [3.05, 3.63) is 102 Å². The molecule has 0 saturated heterocycles. The molecule has 5 rings (SSSR count). The fraction of sp³-hybridized carbons (Fsp3) is 0.325. The molecule has 2 N–H and O–H groups in total. The van der Waals surface area contributed by atoms with E-state index < -0.39 is 46.1 Å². The van der Waals surface area contributed by atoms with Crippen molar-refractivity contribution in [1.29, 1.82) is 0 Å². The Labute approximate surface area is 319 Å². The summed E-state index contributed by atoms with van der Waals surface area (Å²) < 4.78 is 56.3. The minimum Gasteiger partial charge on any atom is -0.495 e. The van der Waals surface area contributed by atoms with E-state index in [4.69, 9.17) is 19.9 Å². The molecule has 0 bridgehead atoms. The van der Waals surface area contributed by atoms with Gasteiger partial charge in [-0.15, -0.1) is 5.10 Å². The largest absolute Gasteiger partial charge is 0.495 e. The number of methoxy groups -OCH3 is 1. The van der Waals surface area contributed by atoms with Gasteiger partial charge in [-0.25, -0.2) is 27.0 Å². The highest BCUT2D eigenvalue weighted by molar-refractivity contribution is 7.90. The lowest BCUT2D eigenvalue weighted by Crippen LogP contribution is -2.42. The Hall–Kier alpha value is -5.67. The van der Waals surface area contributed by atoms with Crippen LogP contribution in [0.5, 0.6) is 5.75 Å². The third-order valence-electron chi connectivity index (χ3n) is 9.03. The Bertz CT molecular complexity index is 2290. The van der Waals surface area contributed by atoms with Gasteiger partial charge in [-0.2, -0.15) is 4.98 Å². The Morgan fingerprint density at radius 3 is 2.13 bits per heavy atom. The van der Waals surface area contributed by atoms with Gasteiger partial charge in [0.15, 0.2) is 15.5 Å². The fourth-order valence-electron chi connectivity index (χ4n) is 5.52. The van der Waals surface area contributed by atoms with Gasteiger partial charge in [0, 0.05) is 42.3 Å². The van der Waals surface area contributed by atoms with Gasteiger partial charge >= 0.3 is 12.1 Å². The second-order valence-corrected chi connectivity index (χ2v) is 15.9. The number of Topliss-reactive ketones (excluding diaryl/α,β-unsaturated/α-hetero) is 1. The Kier molecular flexibility index (Phi) is 12.4. The molecule has 0 aliphatic carbocycles. The number of nitrogens with zero attached hydrogens (tertiary/aromatic N) is 4. The van der Waals surface area contributed by atoms with Gasteiger partial charge in [0.1, 0.15) is 23.4 Å². The van der Waals surface area contributed by atoms with Gasteiger partial charge in [0.05, 0.1) is 17.7 Å². The molecule has 0 saturated carbocycles. The number of ether oxygens (including phenoxy) is 3. The molecule has 55 heavy (non-hydrogen) atoms. The van der Waals surface area contributed by atoms with Crippen LogP contribution in [0.25, 0.3) is 16.8 Å². The average molecular weight is 774 g/mol. The number of anilines is 2. The first kappa shape index (κ1) is 40.5. The van der Waals surface area contributed by atoms with Crippen LogP contribution in [0.3, 0.4) is 0 Å². The predicted octanol–water partition coefficient (Wildman–Crippen LogP) is 6.65. The lowest BCUT2D eigenvalue weighted by Gasteiger charge is -2.27. The number of carbonyl (C=O) groups is 3. The summed E-state index contributed by atoms with van der Waals surface area (Å²) in [5.41, 5.74) is 9.53. The normalized spacial score (nSPS) is 13.4. The number of rotatable bonds is 14. The highest BCUT2D eigenvalue weighted by Crippen LogP contribution is 2.36. The molecule has 2 heterocycles. The number of sulfone groups is 1. The highest BCUT2D eigenvalue weighted by Gasteiger charge is 2.33. The summed E-state index contributed by atoms with van der Waals surface area (Å²) in [7, 11) is -2.33. The molecule has 2 aromatic heterocycles. The van der Waals surface area contributed by atoms with Gasteiger partial charge in [0.25, 0.3) is 12.2 Å². The van der Waals surface area contributed by atoms with Gasteiger partial charge < -0.3 is 19.9 Å². The number of hydrogen-bond donors (Lipinski definition) is 1. The molecular formula is C40H44FN5O8S. The number of amides is 1. The number of pyridine rings is 1. The van der Waals surface area contributed by atoms with Crippen molar-refractivity contribution in [3.8, 4) is 16.9 Å². The third kappa shape index (κ3) is 9.53. The zero-order valence-corrected chi connectivity index (χ0v) is 32.4. The number of esters is 1. The van der Waals surface area contributed by atoms with Crippen LogP contribution >= 0.6 is 0 Å². The smallest absolute Gasteiger partial charge is 0.424 e. The number of aromatic nitrogens is 3. The maximum atomic E-state index is 14.1. The van der Waals surface area contributed by atoms with Crippen molar-refractivity contribution in [1.82, 2.24) is 14.6 Å². The van der Waals surface area contributed by atoms with Crippen molar-refractivity contribution >= 4 is 45.0 Å².